The van der Waals surface area contributed by atoms with E-state index >= 15 is 0 Å². The van der Waals surface area contributed by atoms with E-state index in [9.17, 15) is 4.57 Å². The lowest BCUT2D eigenvalue weighted by Crippen LogP contribution is -2.40. The van der Waals surface area contributed by atoms with Gasteiger partial charge in [0.15, 0.2) is 0 Å². The van der Waals surface area contributed by atoms with Gasteiger partial charge in [-0.2, -0.15) is 0 Å². The van der Waals surface area contributed by atoms with E-state index in [4.69, 9.17) is 4.52 Å². The van der Waals surface area contributed by atoms with Crippen LogP contribution in [0.3, 0.4) is 0 Å². The SMILES string of the molecule is CC(C)[C@@H]1CCC2(C)S[P@@](=O)(Sc3ccc(Br)cc3)OC2C1. The zero-order chi connectivity index (χ0) is 16.0. The first-order chi connectivity index (χ1) is 10.3. The second-order valence-corrected chi connectivity index (χ2v) is 15.2. The summed E-state index contributed by atoms with van der Waals surface area (Å²) in [4.78, 5) is 1.02. The highest BCUT2D eigenvalue weighted by atomic mass is 79.9. The lowest BCUT2D eigenvalue weighted by atomic mass is 9.75. The smallest absolute Gasteiger partial charge is 0.309 e. The molecule has 6 heteroatoms. The Balaban J connectivity index is 1.74. The number of hydrogen-bond donors (Lipinski definition) is 0. The van der Waals surface area contributed by atoms with Crippen LogP contribution in [0.1, 0.15) is 40.0 Å². The molecule has 1 saturated heterocycles. The van der Waals surface area contributed by atoms with E-state index in [0.717, 1.165) is 22.2 Å². The Morgan fingerprint density at radius 3 is 2.73 bits per heavy atom. The highest BCUT2D eigenvalue weighted by Gasteiger charge is 2.55. The van der Waals surface area contributed by atoms with Crippen LogP contribution in [0.4, 0.5) is 0 Å². The van der Waals surface area contributed by atoms with E-state index in [0.29, 0.717) is 11.8 Å². The zero-order valence-electron chi connectivity index (χ0n) is 13.1. The molecule has 1 aromatic rings. The quantitative estimate of drug-likeness (QED) is 0.491. The molecule has 0 N–H and O–H groups in total. The van der Waals surface area contributed by atoms with Gasteiger partial charge in [0.2, 0.25) is 0 Å². The molecule has 122 valence electrons. The first-order valence-electron chi connectivity index (χ1n) is 7.74. The van der Waals surface area contributed by atoms with Gasteiger partial charge in [-0.1, -0.05) is 29.8 Å². The van der Waals surface area contributed by atoms with Gasteiger partial charge < -0.3 is 4.52 Å². The molecule has 4 atom stereocenters. The second-order valence-electron chi connectivity index (χ2n) is 6.77. The fourth-order valence-corrected chi connectivity index (χ4v) is 12.8. The molecule has 0 aromatic heterocycles. The fraction of sp³-hybridized carbons (Fsp3) is 0.625. The van der Waals surface area contributed by atoms with Gasteiger partial charge in [0.25, 0.3) is 0 Å². The molecule has 0 bridgehead atoms. The molecule has 22 heavy (non-hydrogen) atoms. The summed E-state index contributed by atoms with van der Waals surface area (Å²) < 4.78 is 20.4. The molecular weight excluding hydrogens is 399 g/mol. The molecule has 3 rings (SSSR count). The van der Waals surface area contributed by atoms with Gasteiger partial charge in [0, 0.05) is 14.1 Å². The minimum Gasteiger partial charge on any atom is -0.309 e. The molecule has 1 aliphatic carbocycles. The molecule has 0 spiro atoms. The third kappa shape index (κ3) is 3.64. The van der Waals surface area contributed by atoms with Crippen LogP contribution in [0.25, 0.3) is 0 Å². The van der Waals surface area contributed by atoms with E-state index in [1.54, 1.807) is 11.4 Å². The van der Waals surface area contributed by atoms with Gasteiger partial charge in [0.1, 0.15) is 0 Å². The molecule has 1 heterocycles. The van der Waals surface area contributed by atoms with Crippen molar-refractivity contribution in [1.82, 2.24) is 0 Å². The van der Waals surface area contributed by atoms with Crippen molar-refractivity contribution < 1.29 is 9.09 Å². The summed E-state index contributed by atoms with van der Waals surface area (Å²) in [7, 11) is 0. The van der Waals surface area contributed by atoms with E-state index in [-0.39, 0.29) is 10.9 Å². The van der Waals surface area contributed by atoms with Crippen molar-refractivity contribution in [2.24, 2.45) is 11.8 Å². The number of halogens is 1. The normalized spacial score (nSPS) is 38.2. The summed E-state index contributed by atoms with van der Waals surface area (Å²) >= 11 is 6.44. The maximum atomic E-state index is 13.2. The van der Waals surface area contributed by atoms with E-state index in [1.165, 1.54) is 17.8 Å². The van der Waals surface area contributed by atoms with Crippen LogP contribution in [0.15, 0.2) is 33.6 Å². The van der Waals surface area contributed by atoms with Crippen LogP contribution < -0.4 is 0 Å². The Hall–Kier alpha value is 0.590. The predicted octanol–water partition coefficient (Wildman–Crippen LogP) is 7.00. The van der Waals surface area contributed by atoms with E-state index in [2.05, 4.69) is 36.7 Å². The average molecular weight is 421 g/mol. The highest BCUT2D eigenvalue weighted by molar-refractivity contribution is 9.10. The summed E-state index contributed by atoms with van der Waals surface area (Å²) in [6, 6.07) is 7.97. The Bertz CT molecular complexity index is 592. The standard InChI is InChI=1S/C16H22BrO2PS2/c1-11(2)12-8-9-16(3)15(10-12)19-20(18,22-16)21-14-6-4-13(17)5-7-14/h4-7,11-12,15H,8-10H2,1-3H3/t12-,15?,16?,20-/m1/s1. The van der Waals surface area contributed by atoms with E-state index < -0.39 is 5.77 Å². The summed E-state index contributed by atoms with van der Waals surface area (Å²) in [6.07, 6.45) is 3.51. The minimum absolute atomic E-state index is 0.0171. The number of benzene rings is 1. The molecule has 2 aliphatic rings. The Morgan fingerprint density at radius 1 is 1.41 bits per heavy atom. The van der Waals surface area contributed by atoms with Crippen LogP contribution in [0.2, 0.25) is 0 Å². The zero-order valence-corrected chi connectivity index (χ0v) is 17.2. The average Bonchev–Trinajstić information content (AvgIpc) is 2.70. The van der Waals surface area contributed by atoms with Crippen LogP contribution >= 0.6 is 44.5 Å². The van der Waals surface area contributed by atoms with Crippen molar-refractivity contribution in [3.63, 3.8) is 0 Å². The second kappa shape index (κ2) is 6.48. The molecule has 2 fully saturated rings. The number of rotatable bonds is 3. The van der Waals surface area contributed by atoms with Crippen LogP contribution in [0.5, 0.6) is 0 Å². The molecule has 0 amide bonds. The van der Waals surface area contributed by atoms with Gasteiger partial charge in [-0.15, -0.1) is 0 Å². The van der Waals surface area contributed by atoms with Crippen molar-refractivity contribution in [3.8, 4) is 0 Å². The van der Waals surface area contributed by atoms with Gasteiger partial charge in [-0.3, -0.25) is 4.57 Å². The fourth-order valence-electron chi connectivity index (χ4n) is 3.24. The summed E-state index contributed by atoms with van der Waals surface area (Å²) in [6.45, 7) is 6.80. The van der Waals surface area contributed by atoms with Crippen molar-refractivity contribution in [2.75, 3.05) is 0 Å². The topological polar surface area (TPSA) is 26.3 Å². The third-order valence-corrected chi connectivity index (χ3v) is 12.7. The molecule has 0 radical (unpaired) electrons. The lowest BCUT2D eigenvalue weighted by Gasteiger charge is -2.38. The van der Waals surface area contributed by atoms with Crippen LogP contribution in [-0.2, 0) is 9.09 Å². The Morgan fingerprint density at radius 2 is 2.09 bits per heavy atom. The molecule has 1 aliphatic heterocycles. The largest absolute Gasteiger partial charge is 0.318 e. The minimum atomic E-state index is -2.72. The van der Waals surface area contributed by atoms with Gasteiger partial charge in [0.05, 0.1) is 6.10 Å². The molecule has 2 unspecified atom stereocenters. The number of hydrogen-bond acceptors (Lipinski definition) is 4. The maximum Gasteiger partial charge on any atom is 0.318 e. The predicted molar refractivity (Wildman–Crippen MR) is 101 cm³/mol. The third-order valence-electron chi connectivity index (χ3n) is 4.76. The van der Waals surface area contributed by atoms with Crippen LogP contribution in [0, 0.1) is 11.8 Å². The molecular formula is C16H22BrO2PS2. The molecule has 1 aromatic carbocycles. The lowest BCUT2D eigenvalue weighted by molar-refractivity contribution is 0.0947. The van der Waals surface area contributed by atoms with Crippen molar-refractivity contribution >= 4 is 44.5 Å². The summed E-state index contributed by atoms with van der Waals surface area (Å²) in [5, 5.41) is 0. The van der Waals surface area contributed by atoms with Gasteiger partial charge in [-0.25, -0.2) is 0 Å². The summed E-state index contributed by atoms with van der Waals surface area (Å²) in [5.74, 6) is -1.34. The van der Waals surface area contributed by atoms with Crippen molar-refractivity contribution in [2.45, 2.75) is 55.8 Å². The van der Waals surface area contributed by atoms with Crippen molar-refractivity contribution in [1.29, 1.82) is 0 Å². The van der Waals surface area contributed by atoms with E-state index in [1.807, 2.05) is 24.3 Å². The van der Waals surface area contributed by atoms with Gasteiger partial charge in [-0.05, 0) is 85.1 Å². The van der Waals surface area contributed by atoms with Crippen LogP contribution in [-0.4, -0.2) is 10.9 Å². The molecule has 1 saturated carbocycles. The summed E-state index contributed by atoms with van der Waals surface area (Å²) in [5.41, 5.74) is 0. The monoisotopic (exact) mass is 420 g/mol. The maximum absolute atomic E-state index is 13.2. The first kappa shape index (κ1) is 17.4. The van der Waals surface area contributed by atoms with Gasteiger partial charge >= 0.3 is 5.77 Å². The number of fused-ring (bicyclic) bond motifs is 1. The Labute approximate surface area is 149 Å². The molecule has 2 nitrogen and oxygen atoms in total. The first-order valence-corrected chi connectivity index (χ1v) is 13.0. The Kier molecular flexibility index (Phi) is 5.13. The van der Waals surface area contributed by atoms with Crippen molar-refractivity contribution in [3.05, 3.63) is 28.7 Å². The highest BCUT2D eigenvalue weighted by Crippen LogP contribution is 2.82.